The third-order valence-electron chi connectivity index (χ3n) is 1.02. The first-order chi connectivity index (χ1) is 4.46. The van der Waals surface area contributed by atoms with E-state index in [0.29, 0.717) is 0 Å². The quantitative estimate of drug-likeness (QED) is 0.384. The van der Waals surface area contributed by atoms with Crippen molar-refractivity contribution in [2.75, 3.05) is 0 Å². The Kier molecular flexibility index (Phi) is 3.77. The number of rotatable bonds is 3. The van der Waals surface area contributed by atoms with E-state index < -0.39 is 22.1 Å². The number of nitro groups is 1. The van der Waals surface area contributed by atoms with Crippen molar-refractivity contribution < 1.29 is 15.1 Å². The molecule has 6 heteroatoms. The summed E-state index contributed by atoms with van der Waals surface area (Å²) in [5, 5.41) is 26.1. The van der Waals surface area contributed by atoms with Gasteiger partial charge in [0.15, 0.2) is 5.01 Å². The van der Waals surface area contributed by atoms with Crippen molar-refractivity contribution in [2.45, 2.75) is 24.1 Å². The molecule has 0 spiro atoms. The number of aliphatic hydroxyl groups is 2. The minimum absolute atomic E-state index is 0.732. The van der Waals surface area contributed by atoms with E-state index in [1.807, 2.05) is 0 Å². The van der Waals surface area contributed by atoms with Crippen LogP contribution in [0.4, 0.5) is 0 Å². The van der Waals surface area contributed by atoms with Crippen LogP contribution >= 0.6 is 15.9 Å². The van der Waals surface area contributed by atoms with Crippen molar-refractivity contribution in [1.29, 1.82) is 0 Å². The normalized spacial score (nSPS) is 19.6. The predicted octanol–water partition coefficient (Wildman–Crippen LogP) is -0.274. The zero-order valence-corrected chi connectivity index (χ0v) is 6.85. The zero-order chi connectivity index (χ0) is 8.31. The zero-order valence-electron chi connectivity index (χ0n) is 5.27. The summed E-state index contributed by atoms with van der Waals surface area (Å²) in [6, 6.07) is -1.36. The molecule has 0 fully saturated rings. The van der Waals surface area contributed by atoms with Crippen molar-refractivity contribution in [3.05, 3.63) is 10.1 Å². The van der Waals surface area contributed by atoms with E-state index in [2.05, 4.69) is 15.9 Å². The van der Waals surface area contributed by atoms with Gasteiger partial charge in [-0.05, 0) is 6.92 Å². The maximum absolute atomic E-state index is 10.0. The highest BCUT2D eigenvalue weighted by atomic mass is 79.9. The van der Waals surface area contributed by atoms with E-state index in [0.717, 1.165) is 0 Å². The van der Waals surface area contributed by atoms with Crippen LogP contribution in [0.5, 0.6) is 0 Å². The van der Waals surface area contributed by atoms with Gasteiger partial charge >= 0.3 is 0 Å². The van der Waals surface area contributed by atoms with Crippen LogP contribution in [-0.2, 0) is 0 Å². The molecule has 0 aromatic carbocycles. The van der Waals surface area contributed by atoms with Gasteiger partial charge in [0.2, 0.25) is 0 Å². The van der Waals surface area contributed by atoms with Crippen LogP contribution in [-0.4, -0.2) is 32.3 Å². The van der Waals surface area contributed by atoms with Crippen molar-refractivity contribution in [2.24, 2.45) is 0 Å². The molecule has 3 unspecified atom stereocenters. The van der Waals surface area contributed by atoms with Gasteiger partial charge in [-0.25, -0.2) is 0 Å². The van der Waals surface area contributed by atoms with Gasteiger partial charge in [-0.3, -0.25) is 10.1 Å². The average Bonchev–Trinajstić information content (AvgIpc) is 1.59. The standard InChI is InChI=1S/C4H8BrNO4/c1-2(7)3(4(5)8)6(9)10/h2-4,7-8H,1H3. The molecule has 0 aliphatic carbocycles. The minimum Gasteiger partial charge on any atom is -0.386 e. The molecule has 5 nitrogen and oxygen atoms in total. The first-order valence-electron chi connectivity index (χ1n) is 2.60. The second-order valence-corrected chi connectivity index (χ2v) is 2.83. The summed E-state index contributed by atoms with van der Waals surface area (Å²) in [6.45, 7) is 1.25. The summed E-state index contributed by atoms with van der Waals surface area (Å²) in [5.41, 5.74) is 0. The SMILES string of the molecule is CC(O)C(C(O)Br)[N+](=O)[O-]. The lowest BCUT2D eigenvalue weighted by Gasteiger charge is -2.12. The fourth-order valence-corrected chi connectivity index (χ4v) is 1.14. The van der Waals surface area contributed by atoms with Crippen molar-refractivity contribution in [3.8, 4) is 0 Å². The van der Waals surface area contributed by atoms with Crippen LogP contribution in [0.3, 0.4) is 0 Å². The van der Waals surface area contributed by atoms with E-state index in [1.54, 1.807) is 0 Å². The Hall–Kier alpha value is -0.200. The largest absolute Gasteiger partial charge is 0.386 e. The van der Waals surface area contributed by atoms with Gasteiger partial charge in [0.25, 0.3) is 6.04 Å². The molecule has 3 atom stereocenters. The van der Waals surface area contributed by atoms with Crippen LogP contribution in [0.15, 0.2) is 0 Å². The smallest absolute Gasteiger partial charge is 0.273 e. The Morgan fingerprint density at radius 3 is 2.00 bits per heavy atom. The summed E-state index contributed by atoms with van der Waals surface area (Å²) in [7, 11) is 0. The Labute approximate surface area is 65.9 Å². The summed E-state index contributed by atoms with van der Waals surface area (Å²) in [6.07, 6.45) is -1.16. The molecule has 60 valence electrons. The number of hydrogen-bond acceptors (Lipinski definition) is 4. The monoisotopic (exact) mass is 213 g/mol. The van der Waals surface area contributed by atoms with Crippen molar-refractivity contribution >= 4 is 15.9 Å². The van der Waals surface area contributed by atoms with E-state index in [4.69, 9.17) is 10.2 Å². The number of alkyl halides is 1. The number of aliphatic hydroxyl groups excluding tert-OH is 2. The van der Waals surface area contributed by atoms with E-state index >= 15 is 0 Å². The molecule has 0 aromatic heterocycles. The third-order valence-corrected chi connectivity index (χ3v) is 1.56. The Balaban J connectivity index is 4.12. The average molecular weight is 214 g/mol. The molecule has 0 aromatic rings. The summed E-state index contributed by atoms with van der Waals surface area (Å²) in [5.74, 6) is 0. The molecule has 0 saturated carbocycles. The molecule has 0 amide bonds. The molecule has 0 aliphatic heterocycles. The lowest BCUT2D eigenvalue weighted by atomic mass is 10.2. The number of halogens is 1. The molecule has 10 heavy (non-hydrogen) atoms. The summed E-state index contributed by atoms with van der Waals surface area (Å²) in [4.78, 5) is 9.31. The molecular weight excluding hydrogens is 206 g/mol. The predicted molar refractivity (Wildman–Crippen MR) is 37.4 cm³/mol. The van der Waals surface area contributed by atoms with Gasteiger partial charge in [0.1, 0.15) is 6.10 Å². The van der Waals surface area contributed by atoms with Crippen molar-refractivity contribution in [3.63, 3.8) is 0 Å². The van der Waals surface area contributed by atoms with Gasteiger partial charge < -0.3 is 10.2 Å². The Morgan fingerprint density at radius 2 is 2.00 bits per heavy atom. The maximum atomic E-state index is 10.0. The molecule has 0 aliphatic rings. The fourth-order valence-electron chi connectivity index (χ4n) is 0.506. The first-order valence-corrected chi connectivity index (χ1v) is 3.52. The van der Waals surface area contributed by atoms with Crippen LogP contribution < -0.4 is 0 Å². The van der Waals surface area contributed by atoms with Gasteiger partial charge in [0.05, 0.1) is 0 Å². The Bertz CT molecular complexity index is 118. The number of nitrogens with zero attached hydrogens (tertiary/aromatic N) is 1. The molecule has 0 saturated heterocycles. The molecule has 2 N–H and O–H groups in total. The van der Waals surface area contributed by atoms with E-state index in [-0.39, 0.29) is 0 Å². The highest BCUT2D eigenvalue weighted by Gasteiger charge is 2.32. The van der Waals surface area contributed by atoms with E-state index in [9.17, 15) is 10.1 Å². The highest BCUT2D eigenvalue weighted by molar-refractivity contribution is 9.09. The summed E-state index contributed by atoms with van der Waals surface area (Å²) < 4.78 is 0. The molecule has 0 heterocycles. The molecular formula is C4H8BrNO4. The van der Waals surface area contributed by atoms with Crippen LogP contribution in [0, 0.1) is 10.1 Å². The first kappa shape index (κ1) is 9.80. The lowest BCUT2D eigenvalue weighted by molar-refractivity contribution is -0.539. The van der Waals surface area contributed by atoms with Gasteiger partial charge in [0, 0.05) is 4.92 Å². The summed E-state index contributed by atoms with van der Waals surface area (Å²) >= 11 is 2.60. The molecule has 0 rings (SSSR count). The maximum Gasteiger partial charge on any atom is 0.273 e. The van der Waals surface area contributed by atoms with Gasteiger partial charge in [-0.2, -0.15) is 0 Å². The topological polar surface area (TPSA) is 83.6 Å². The second kappa shape index (κ2) is 3.85. The van der Waals surface area contributed by atoms with Gasteiger partial charge in [-0.1, -0.05) is 15.9 Å². The second-order valence-electron chi connectivity index (χ2n) is 1.89. The van der Waals surface area contributed by atoms with Crippen molar-refractivity contribution in [1.82, 2.24) is 0 Å². The van der Waals surface area contributed by atoms with Gasteiger partial charge in [-0.15, -0.1) is 0 Å². The van der Waals surface area contributed by atoms with Crippen LogP contribution in [0.25, 0.3) is 0 Å². The van der Waals surface area contributed by atoms with Crippen LogP contribution in [0.2, 0.25) is 0 Å². The van der Waals surface area contributed by atoms with Crippen LogP contribution in [0.1, 0.15) is 6.92 Å². The lowest BCUT2D eigenvalue weighted by Crippen LogP contribution is -2.39. The highest BCUT2D eigenvalue weighted by Crippen LogP contribution is 2.09. The Morgan fingerprint density at radius 1 is 1.60 bits per heavy atom. The minimum atomic E-state index is -1.36. The molecule has 0 radical (unpaired) electrons. The molecule has 0 bridgehead atoms. The van der Waals surface area contributed by atoms with E-state index in [1.165, 1.54) is 6.92 Å². The number of hydrogen-bond donors (Lipinski definition) is 2. The third kappa shape index (κ3) is 2.59. The fraction of sp³-hybridized carbons (Fsp3) is 1.00.